The molecule has 1 saturated heterocycles. The second-order valence-electron chi connectivity index (χ2n) is 5.32. The van der Waals surface area contributed by atoms with Crippen LogP contribution in [0.4, 0.5) is 5.13 Å². The fraction of sp³-hybridized carbons (Fsp3) is 0.786. The lowest BCUT2D eigenvalue weighted by molar-refractivity contribution is -0.132. The quantitative estimate of drug-likeness (QED) is 0.764. The van der Waals surface area contributed by atoms with Crippen molar-refractivity contribution in [2.24, 2.45) is 0 Å². The first-order chi connectivity index (χ1) is 10.6. The predicted molar refractivity (Wildman–Crippen MR) is 92.7 cm³/mol. The van der Waals surface area contributed by atoms with Crippen molar-refractivity contribution in [3.8, 4) is 0 Å². The number of hydrogen-bond acceptors (Lipinski definition) is 7. The SMILES string of the molecule is CCCNc1nnc(SC(C)C(=O)N2CCN(CC)CC2)s1. The van der Waals surface area contributed by atoms with Crippen molar-refractivity contribution < 1.29 is 4.79 Å². The van der Waals surface area contributed by atoms with Gasteiger partial charge in [0.1, 0.15) is 0 Å². The Kier molecular flexibility index (Phi) is 6.91. The number of hydrogen-bond donors (Lipinski definition) is 1. The first-order valence-electron chi connectivity index (χ1n) is 7.89. The van der Waals surface area contributed by atoms with Crippen LogP contribution in [0, 0.1) is 0 Å². The van der Waals surface area contributed by atoms with Gasteiger partial charge in [0.25, 0.3) is 0 Å². The predicted octanol–water partition coefficient (Wildman–Crippen LogP) is 2.00. The molecule has 1 fully saturated rings. The summed E-state index contributed by atoms with van der Waals surface area (Å²) in [7, 11) is 0. The highest BCUT2D eigenvalue weighted by Crippen LogP contribution is 2.29. The van der Waals surface area contributed by atoms with E-state index in [1.165, 1.54) is 23.1 Å². The molecular formula is C14H25N5OS2. The fourth-order valence-corrected chi connectivity index (χ4v) is 4.31. The summed E-state index contributed by atoms with van der Waals surface area (Å²) in [5.74, 6) is 0.207. The highest BCUT2D eigenvalue weighted by Gasteiger charge is 2.25. The lowest BCUT2D eigenvalue weighted by Gasteiger charge is -2.35. The van der Waals surface area contributed by atoms with Gasteiger partial charge in [0, 0.05) is 32.7 Å². The Balaban J connectivity index is 1.82. The Morgan fingerprint density at radius 1 is 1.32 bits per heavy atom. The summed E-state index contributed by atoms with van der Waals surface area (Å²) in [5, 5.41) is 12.2. The zero-order valence-corrected chi connectivity index (χ0v) is 15.2. The van der Waals surface area contributed by atoms with E-state index in [1.54, 1.807) is 0 Å². The second-order valence-corrected chi connectivity index (χ2v) is 7.88. The van der Waals surface area contributed by atoms with E-state index in [0.29, 0.717) is 0 Å². The highest BCUT2D eigenvalue weighted by molar-refractivity contribution is 8.02. The van der Waals surface area contributed by atoms with Crippen LogP contribution in [-0.2, 0) is 4.79 Å². The monoisotopic (exact) mass is 343 g/mol. The van der Waals surface area contributed by atoms with E-state index >= 15 is 0 Å². The Labute approximate surface area is 140 Å². The van der Waals surface area contributed by atoms with Crippen LogP contribution < -0.4 is 5.32 Å². The first-order valence-corrected chi connectivity index (χ1v) is 9.58. The van der Waals surface area contributed by atoms with Gasteiger partial charge in [-0.3, -0.25) is 4.79 Å². The molecule has 0 aromatic carbocycles. The lowest BCUT2D eigenvalue weighted by Crippen LogP contribution is -2.50. The van der Waals surface area contributed by atoms with E-state index in [2.05, 4.69) is 34.3 Å². The van der Waals surface area contributed by atoms with Crippen molar-refractivity contribution >= 4 is 34.1 Å². The molecule has 1 aromatic rings. The molecule has 0 aliphatic carbocycles. The van der Waals surface area contributed by atoms with E-state index in [0.717, 1.165) is 55.2 Å². The summed E-state index contributed by atoms with van der Waals surface area (Å²) in [6.45, 7) is 11.8. The molecule has 0 bridgehead atoms. The number of likely N-dealkylation sites (N-methyl/N-ethyl adjacent to an activating group) is 1. The largest absolute Gasteiger partial charge is 0.360 e. The van der Waals surface area contributed by atoms with Gasteiger partial charge in [-0.05, 0) is 19.9 Å². The van der Waals surface area contributed by atoms with Gasteiger partial charge >= 0.3 is 0 Å². The first kappa shape index (κ1) is 17.5. The van der Waals surface area contributed by atoms with Crippen molar-refractivity contribution in [3.63, 3.8) is 0 Å². The highest BCUT2D eigenvalue weighted by atomic mass is 32.2. The molecule has 1 unspecified atom stereocenters. The Morgan fingerprint density at radius 3 is 2.68 bits per heavy atom. The van der Waals surface area contributed by atoms with Gasteiger partial charge in [-0.2, -0.15) is 0 Å². The smallest absolute Gasteiger partial charge is 0.235 e. The van der Waals surface area contributed by atoms with E-state index in [-0.39, 0.29) is 11.2 Å². The van der Waals surface area contributed by atoms with Crippen LogP contribution >= 0.6 is 23.1 Å². The van der Waals surface area contributed by atoms with Gasteiger partial charge in [0.15, 0.2) is 4.34 Å². The summed E-state index contributed by atoms with van der Waals surface area (Å²) in [6.07, 6.45) is 1.06. The zero-order valence-electron chi connectivity index (χ0n) is 13.5. The summed E-state index contributed by atoms with van der Waals surface area (Å²) in [4.78, 5) is 16.9. The Bertz CT molecular complexity index is 474. The minimum Gasteiger partial charge on any atom is -0.360 e. The maximum Gasteiger partial charge on any atom is 0.235 e. The molecule has 0 saturated carbocycles. The van der Waals surface area contributed by atoms with Crippen LogP contribution in [0.1, 0.15) is 27.2 Å². The minimum absolute atomic E-state index is 0.111. The number of carbonyl (C=O) groups is 1. The Morgan fingerprint density at radius 2 is 2.05 bits per heavy atom. The molecule has 1 aromatic heterocycles. The number of thioether (sulfide) groups is 1. The molecule has 0 spiro atoms. The molecule has 2 heterocycles. The van der Waals surface area contributed by atoms with Crippen molar-refractivity contribution in [2.45, 2.75) is 36.8 Å². The van der Waals surface area contributed by atoms with E-state index in [1.807, 2.05) is 11.8 Å². The number of nitrogens with zero attached hydrogens (tertiary/aromatic N) is 4. The zero-order chi connectivity index (χ0) is 15.9. The summed E-state index contributed by atoms with van der Waals surface area (Å²) in [6, 6.07) is 0. The third kappa shape index (κ3) is 4.82. The Hall–Kier alpha value is -0.860. The second kappa shape index (κ2) is 8.69. The molecule has 8 heteroatoms. The molecule has 1 amide bonds. The molecular weight excluding hydrogens is 318 g/mol. The number of carbonyl (C=O) groups excluding carboxylic acids is 1. The molecule has 1 N–H and O–H groups in total. The standard InChI is InChI=1S/C14H25N5OS2/c1-4-6-15-13-16-17-14(22-13)21-11(3)12(20)19-9-7-18(5-2)8-10-19/h11H,4-10H2,1-3H3,(H,15,16). The maximum atomic E-state index is 12.5. The molecule has 6 nitrogen and oxygen atoms in total. The van der Waals surface area contributed by atoms with Gasteiger partial charge in [-0.1, -0.05) is 36.9 Å². The third-order valence-electron chi connectivity index (χ3n) is 3.69. The van der Waals surface area contributed by atoms with Gasteiger partial charge in [-0.15, -0.1) is 10.2 Å². The topological polar surface area (TPSA) is 61.4 Å². The van der Waals surface area contributed by atoms with E-state index < -0.39 is 0 Å². The van der Waals surface area contributed by atoms with Crippen LogP contribution in [0.15, 0.2) is 4.34 Å². The molecule has 124 valence electrons. The van der Waals surface area contributed by atoms with Gasteiger partial charge in [0.2, 0.25) is 11.0 Å². The van der Waals surface area contributed by atoms with Crippen molar-refractivity contribution in [1.29, 1.82) is 0 Å². The van der Waals surface area contributed by atoms with Crippen LogP contribution in [0.25, 0.3) is 0 Å². The van der Waals surface area contributed by atoms with Crippen molar-refractivity contribution in [2.75, 3.05) is 44.6 Å². The third-order valence-corrected chi connectivity index (χ3v) is 5.74. The van der Waals surface area contributed by atoms with Crippen molar-refractivity contribution in [3.05, 3.63) is 0 Å². The lowest BCUT2D eigenvalue weighted by atomic mass is 10.3. The van der Waals surface area contributed by atoms with Crippen LogP contribution in [-0.4, -0.2) is 70.4 Å². The minimum atomic E-state index is -0.111. The van der Waals surface area contributed by atoms with E-state index in [4.69, 9.17) is 0 Å². The van der Waals surface area contributed by atoms with Crippen LogP contribution in [0.2, 0.25) is 0 Å². The molecule has 1 atom stereocenters. The number of piperazine rings is 1. The summed E-state index contributed by atoms with van der Waals surface area (Å²) in [5.41, 5.74) is 0. The molecule has 1 aliphatic heterocycles. The average Bonchev–Trinajstić information content (AvgIpc) is 2.99. The number of nitrogens with one attached hydrogen (secondary N) is 1. The fourth-order valence-electron chi connectivity index (χ4n) is 2.30. The number of rotatable bonds is 7. The number of amides is 1. The normalized spacial score (nSPS) is 17.5. The van der Waals surface area contributed by atoms with Gasteiger partial charge in [0.05, 0.1) is 5.25 Å². The number of anilines is 1. The summed E-state index contributed by atoms with van der Waals surface area (Å²) < 4.78 is 0.853. The average molecular weight is 344 g/mol. The van der Waals surface area contributed by atoms with Crippen LogP contribution in [0.3, 0.4) is 0 Å². The van der Waals surface area contributed by atoms with E-state index in [9.17, 15) is 4.79 Å². The van der Waals surface area contributed by atoms with Gasteiger partial charge < -0.3 is 15.1 Å². The molecule has 0 radical (unpaired) electrons. The number of aromatic nitrogens is 2. The molecule has 2 rings (SSSR count). The summed E-state index contributed by atoms with van der Waals surface area (Å²) >= 11 is 3.03. The molecule has 22 heavy (non-hydrogen) atoms. The maximum absolute atomic E-state index is 12.5. The molecule has 1 aliphatic rings. The van der Waals surface area contributed by atoms with Gasteiger partial charge in [-0.25, -0.2) is 0 Å². The van der Waals surface area contributed by atoms with Crippen LogP contribution in [0.5, 0.6) is 0 Å². The van der Waals surface area contributed by atoms with Crippen molar-refractivity contribution in [1.82, 2.24) is 20.0 Å².